The van der Waals surface area contributed by atoms with Gasteiger partial charge in [0.25, 0.3) is 5.91 Å². The summed E-state index contributed by atoms with van der Waals surface area (Å²) in [6, 6.07) is 9.49. The number of carbonyl (C=O) groups is 2. The Balaban J connectivity index is 1.62. The number of alkyl halides is 1. The molecule has 200 valence electrons. The number of allylic oxidation sites excluding steroid dienone is 1. The fourth-order valence-electron chi connectivity index (χ4n) is 4.36. The highest BCUT2D eigenvalue weighted by Gasteiger charge is 2.26. The standard InChI is InChI=1S/C27H38ClN7O2/c1-4-17(2)26(34-27(37)23-18(3)10-11-21(28)24(29)33-25(23)30)32-20-12-14-35(15-13-20)16-22(36)31-19-8-6-5-7-9-19/h5-9,17,20-21H,4,10-16H2,1-3H3,(H,31,36)(H3,29,30,33)(H,32,34,37). The maximum absolute atomic E-state index is 13.3. The second-order valence-corrected chi connectivity index (χ2v) is 10.3. The molecule has 0 aliphatic carbocycles. The molecule has 3 rings (SSSR count). The number of aliphatic imine (C=N–C) groups is 2. The minimum absolute atomic E-state index is 0.0326. The molecule has 0 radical (unpaired) electrons. The smallest absolute Gasteiger partial charge is 0.260 e. The fourth-order valence-corrected chi connectivity index (χ4v) is 4.52. The van der Waals surface area contributed by atoms with Crippen LogP contribution in [0.4, 0.5) is 5.69 Å². The molecule has 0 bridgehead atoms. The minimum atomic E-state index is -0.451. The van der Waals surface area contributed by atoms with Crippen molar-refractivity contribution in [2.75, 3.05) is 25.0 Å². The van der Waals surface area contributed by atoms with Gasteiger partial charge in [0.15, 0.2) is 5.84 Å². The number of para-hydroxylation sites is 1. The molecule has 2 aliphatic rings. The number of rotatable bonds is 7. The van der Waals surface area contributed by atoms with Crippen LogP contribution in [0.5, 0.6) is 0 Å². The van der Waals surface area contributed by atoms with Crippen molar-refractivity contribution >= 4 is 46.6 Å². The second-order valence-electron chi connectivity index (χ2n) is 9.75. The van der Waals surface area contributed by atoms with E-state index in [-0.39, 0.29) is 41.0 Å². The molecule has 37 heavy (non-hydrogen) atoms. The molecule has 9 nitrogen and oxygen atoms in total. The first-order valence-corrected chi connectivity index (χ1v) is 13.3. The van der Waals surface area contributed by atoms with Gasteiger partial charge < -0.3 is 16.4 Å². The lowest BCUT2D eigenvalue weighted by molar-refractivity contribution is -0.117. The molecule has 0 saturated carbocycles. The van der Waals surface area contributed by atoms with Crippen LogP contribution in [0, 0.1) is 11.3 Å². The highest BCUT2D eigenvalue weighted by molar-refractivity contribution is 6.34. The number of halogens is 1. The van der Waals surface area contributed by atoms with Crippen molar-refractivity contribution in [2.45, 2.75) is 64.3 Å². The van der Waals surface area contributed by atoms with E-state index in [2.05, 4.69) is 20.5 Å². The Morgan fingerprint density at radius 1 is 1.24 bits per heavy atom. The molecule has 1 fully saturated rings. The Kier molecular flexibility index (Phi) is 10.4. The molecule has 0 aromatic heterocycles. The Morgan fingerprint density at radius 3 is 2.57 bits per heavy atom. The van der Waals surface area contributed by atoms with Gasteiger partial charge in [-0.05, 0) is 51.2 Å². The summed E-state index contributed by atoms with van der Waals surface area (Å²) in [4.78, 5) is 36.8. The number of anilines is 1. The number of amidine groups is 3. The van der Waals surface area contributed by atoms with Crippen LogP contribution in [0.25, 0.3) is 0 Å². The van der Waals surface area contributed by atoms with Gasteiger partial charge in [-0.2, -0.15) is 0 Å². The molecule has 10 heteroatoms. The normalized spacial score (nSPS) is 21.1. The summed E-state index contributed by atoms with van der Waals surface area (Å²) >= 11 is 6.21. The molecule has 2 aliphatic heterocycles. The first-order chi connectivity index (χ1) is 17.7. The lowest BCUT2D eigenvalue weighted by Gasteiger charge is -2.30. The Morgan fingerprint density at radius 2 is 1.92 bits per heavy atom. The summed E-state index contributed by atoms with van der Waals surface area (Å²) in [5.74, 6) is 0.224. The largest absolute Gasteiger partial charge is 0.386 e. The summed E-state index contributed by atoms with van der Waals surface area (Å²) in [7, 11) is 0. The average Bonchev–Trinajstić information content (AvgIpc) is 2.87. The molecule has 2 heterocycles. The summed E-state index contributed by atoms with van der Waals surface area (Å²) < 4.78 is 0. The fraction of sp³-hybridized carbons (Fsp3) is 0.519. The van der Waals surface area contributed by atoms with Crippen LogP contribution in [0.3, 0.4) is 0 Å². The monoisotopic (exact) mass is 527 g/mol. The number of nitrogens with zero attached hydrogens (tertiary/aromatic N) is 3. The van der Waals surface area contributed by atoms with E-state index in [4.69, 9.17) is 27.7 Å². The number of hydrogen-bond donors (Lipinski definition) is 4. The van der Waals surface area contributed by atoms with E-state index >= 15 is 0 Å². The topological polar surface area (TPSA) is 136 Å². The molecule has 1 aromatic carbocycles. The van der Waals surface area contributed by atoms with E-state index < -0.39 is 5.38 Å². The van der Waals surface area contributed by atoms with E-state index in [9.17, 15) is 9.59 Å². The van der Waals surface area contributed by atoms with E-state index in [0.29, 0.717) is 25.2 Å². The molecular formula is C27H38ClN7O2. The van der Waals surface area contributed by atoms with Crippen LogP contribution in [-0.4, -0.2) is 65.3 Å². The van der Waals surface area contributed by atoms with Crippen molar-refractivity contribution in [3.05, 3.63) is 41.5 Å². The highest BCUT2D eigenvalue weighted by atomic mass is 35.5. The third kappa shape index (κ3) is 8.23. The second kappa shape index (κ2) is 13.5. The molecule has 1 aromatic rings. The number of nitrogens with one attached hydrogen (secondary N) is 3. The highest BCUT2D eigenvalue weighted by Crippen LogP contribution is 2.21. The van der Waals surface area contributed by atoms with Crippen molar-refractivity contribution in [2.24, 2.45) is 21.6 Å². The van der Waals surface area contributed by atoms with E-state index in [0.717, 1.165) is 43.6 Å². The van der Waals surface area contributed by atoms with Crippen LogP contribution < -0.4 is 16.4 Å². The molecule has 2 atom stereocenters. The summed E-state index contributed by atoms with van der Waals surface area (Å²) in [5.41, 5.74) is 7.66. The molecule has 5 N–H and O–H groups in total. The maximum atomic E-state index is 13.3. The lowest BCUT2D eigenvalue weighted by atomic mass is 9.99. The zero-order valence-electron chi connectivity index (χ0n) is 21.9. The summed E-state index contributed by atoms with van der Waals surface area (Å²) in [5, 5.41) is 13.8. The van der Waals surface area contributed by atoms with E-state index in [1.54, 1.807) is 0 Å². The molecule has 0 spiro atoms. The van der Waals surface area contributed by atoms with Crippen molar-refractivity contribution in [1.29, 1.82) is 5.41 Å². The first kappa shape index (κ1) is 28.5. The van der Waals surface area contributed by atoms with Crippen molar-refractivity contribution in [3.63, 3.8) is 0 Å². The van der Waals surface area contributed by atoms with Crippen LogP contribution in [-0.2, 0) is 9.59 Å². The van der Waals surface area contributed by atoms with Gasteiger partial charge >= 0.3 is 0 Å². The third-order valence-corrected chi connectivity index (χ3v) is 7.29. The first-order valence-electron chi connectivity index (χ1n) is 12.9. The minimum Gasteiger partial charge on any atom is -0.386 e. The van der Waals surface area contributed by atoms with Crippen molar-refractivity contribution < 1.29 is 9.59 Å². The number of amides is 2. The third-order valence-electron chi connectivity index (χ3n) is 6.85. The lowest BCUT2D eigenvalue weighted by Crippen LogP contribution is -2.42. The maximum Gasteiger partial charge on any atom is 0.260 e. The Hall–Kier alpha value is -3.04. The zero-order valence-corrected chi connectivity index (χ0v) is 22.6. The number of benzene rings is 1. The van der Waals surface area contributed by atoms with Crippen LogP contribution in [0.15, 0.2) is 51.5 Å². The average molecular weight is 528 g/mol. The van der Waals surface area contributed by atoms with Gasteiger partial charge in [0.1, 0.15) is 11.7 Å². The van der Waals surface area contributed by atoms with Gasteiger partial charge in [-0.1, -0.05) is 37.6 Å². The van der Waals surface area contributed by atoms with Crippen molar-refractivity contribution in [1.82, 2.24) is 10.2 Å². The number of carbonyl (C=O) groups excluding carboxylic acids is 2. The predicted octanol–water partition coefficient (Wildman–Crippen LogP) is 3.70. The van der Waals surface area contributed by atoms with E-state index in [1.807, 2.05) is 51.1 Å². The van der Waals surface area contributed by atoms with E-state index in [1.165, 1.54) is 0 Å². The van der Waals surface area contributed by atoms with Gasteiger partial charge in [-0.15, -0.1) is 11.6 Å². The van der Waals surface area contributed by atoms with Crippen LogP contribution in [0.1, 0.15) is 52.9 Å². The molecule has 1 saturated heterocycles. The van der Waals surface area contributed by atoms with Crippen molar-refractivity contribution in [3.8, 4) is 0 Å². The number of nitrogens with two attached hydrogens (primary N) is 1. The molecular weight excluding hydrogens is 490 g/mol. The number of piperidine rings is 1. The van der Waals surface area contributed by atoms with Gasteiger partial charge in [-0.25, -0.2) is 4.99 Å². The van der Waals surface area contributed by atoms with Crippen LogP contribution in [0.2, 0.25) is 0 Å². The Bertz CT molecular complexity index is 1080. The summed E-state index contributed by atoms with van der Waals surface area (Å²) in [6.07, 6.45) is 3.52. The van der Waals surface area contributed by atoms with Gasteiger partial charge in [0.2, 0.25) is 5.91 Å². The van der Waals surface area contributed by atoms with Crippen LogP contribution >= 0.6 is 11.6 Å². The Labute approximate surface area is 224 Å². The number of likely N-dealkylation sites (tertiary alicyclic amines) is 1. The number of hydrogen-bond acceptors (Lipinski definition) is 6. The summed E-state index contributed by atoms with van der Waals surface area (Å²) in [6.45, 7) is 7.74. The molecule has 2 unspecified atom stereocenters. The molecule has 2 amide bonds. The quantitative estimate of drug-likeness (QED) is 0.244. The zero-order chi connectivity index (χ0) is 26.9. The van der Waals surface area contributed by atoms with Gasteiger partial charge in [-0.3, -0.25) is 24.9 Å². The van der Waals surface area contributed by atoms with Gasteiger partial charge in [0.05, 0.1) is 23.5 Å². The SMILES string of the molecule is CCC(C)C(=NC1CCN(CC(=O)Nc2ccccc2)CC1)NC(=O)C1=C(C)CCC(Cl)C(N)=NC1=N. The predicted molar refractivity (Wildman–Crippen MR) is 150 cm³/mol. The van der Waals surface area contributed by atoms with Gasteiger partial charge in [0, 0.05) is 24.7 Å².